The number of nitrogens with one attached hydrogen (secondary N) is 1. The molecule has 1 aliphatic rings. The summed E-state index contributed by atoms with van der Waals surface area (Å²) in [4.78, 5) is 2.44. The lowest BCUT2D eigenvalue weighted by molar-refractivity contribution is 0.158. The van der Waals surface area contributed by atoms with Gasteiger partial charge in [-0.3, -0.25) is 4.90 Å². The third-order valence-electron chi connectivity index (χ3n) is 3.30. The molecule has 0 unspecified atom stereocenters. The number of piperazine rings is 1. The zero-order valence-electron chi connectivity index (χ0n) is 9.91. The number of hydrogen-bond donors (Lipinski definition) is 1. The Labute approximate surface area is 96.5 Å². The van der Waals surface area contributed by atoms with Gasteiger partial charge in [0.1, 0.15) is 5.82 Å². The van der Waals surface area contributed by atoms with E-state index in [0.29, 0.717) is 12.1 Å². The van der Waals surface area contributed by atoms with Crippen molar-refractivity contribution in [2.45, 2.75) is 25.9 Å². The van der Waals surface area contributed by atoms with Crippen LogP contribution in [0.4, 0.5) is 4.39 Å². The predicted molar refractivity (Wildman–Crippen MR) is 63.9 cm³/mol. The van der Waals surface area contributed by atoms with Gasteiger partial charge in [0.15, 0.2) is 0 Å². The van der Waals surface area contributed by atoms with E-state index in [2.05, 4.69) is 24.1 Å². The van der Waals surface area contributed by atoms with Crippen LogP contribution in [0.1, 0.15) is 25.5 Å². The van der Waals surface area contributed by atoms with Crippen LogP contribution in [0.2, 0.25) is 0 Å². The molecule has 2 nitrogen and oxygen atoms in total. The summed E-state index contributed by atoms with van der Waals surface area (Å²) in [5.74, 6) is -0.162. The van der Waals surface area contributed by atoms with Crippen molar-refractivity contribution in [3.63, 3.8) is 0 Å². The highest BCUT2D eigenvalue weighted by molar-refractivity contribution is 5.19. The van der Waals surface area contributed by atoms with Gasteiger partial charge in [-0.25, -0.2) is 4.39 Å². The van der Waals surface area contributed by atoms with Gasteiger partial charge < -0.3 is 5.32 Å². The van der Waals surface area contributed by atoms with Crippen molar-refractivity contribution in [2.24, 2.45) is 0 Å². The van der Waals surface area contributed by atoms with E-state index in [1.807, 2.05) is 12.1 Å². The number of rotatable bonds is 2. The molecule has 0 saturated carbocycles. The van der Waals surface area contributed by atoms with Gasteiger partial charge in [-0.05, 0) is 31.5 Å². The van der Waals surface area contributed by atoms with Crippen LogP contribution in [0, 0.1) is 5.82 Å². The topological polar surface area (TPSA) is 15.3 Å². The number of benzene rings is 1. The molecule has 0 spiro atoms. The molecular formula is C13H19FN2. The van der Waals surface area contributed by atoms with Gasteiger partial charge in [0, 0.05) is 31.7 Å². The molecule has 0 bridgehead atoms. The van der Waals surface area contributed by atoms with E-state index >= 15 is 0 Å². The van der Waals surface area contributed by atoms with E-state index in [4.69, 9.17) is 0 Å². The quantitative estimate of drug-likeness (QED) is 0.825. The first-order valence-corrected chi connectivity index (χ1v) is 5.89. The van der Waals surface area contributed by atoms with Crippen molar-refractivity contribution in [3.05, 3.63) is 35.6 Å². The SMILES string of the molecule is C[C@H]1CN([C@@H](C)c2ccc(F)cc2)CCN1. The van der Waals surface area contributed by atoms with E-state index in [1.165, 1.54) is 17.7 Å². The van der Waals surface area contributed by atoms with E-state index in [9.17, 15) is 4.39 Å². The van der Waals surface area contributed by atoms with Gasteiger partial charge >= 0.3 is 0 Å². The third-order valence-corrected chi connectivity index (χ3v) is 3.30. The summed E-state index contributed by atoms with van der Waals surface area (Å²) in [5, 5.41) is 3.43. The molecule has 0 radical (unpaired) electrons. The minimum atomic E-state index is -0.162. The summed E-state index contributed by atoms with van der Waals surface area (Å²) in [6.45, 7) is 7.53. The Morgan fingerprint density at radius 1 is 1.38 bits per heavy atom. The van der Waals surface area contributed by atoms with Crippen molar-refractivity contribution in [1.82, 2.24) is 10.2 Å². The second-order valence-electron chi connectivity index (χ2n) is 4.58. The smallest absolute Gasteiger partial charge is 0.123 e. The van der Waals surface area contributed by atoms with E-state index in [-0.39, 0.29) is 5.82 Å². The highest BCUT2D eigenvalue weighted by Crippen LogP contribution is 2.21. The lowest BCUT2D eigenvalue weighted by Gasteiger charge is -2.36. The maximum atomic E-state index is 12.8. The minimum Gasteiger partial charge on any atom is -0.312 e. The summed E-state index contributed by atoms with van der Waals surface area (Å²) in [6, 6.07) is 7.75. The molecular weight excluding hydrogens is 203 g/mol. The molecule has 0 aromatic heterocycles. The Kier molecular flexibility index (Phi) is 3.56. The zero-order chi connectivity index (χ0) is 11.5. The highest BCUT2D eigenvalue weighted by Gasteiger charge is 2.21. The van der Waals surface area contributed by atoms with E-state index in [1.54, 1.807) is 0 Å². The van der Waals surface area contributed by atoms with Gasteiger partial charge in [-0.15, -0.1) is 0 Å². The Balaban J connectivity index is 2.06. The lowest BCUT2D eigenvalue weighted by atomic mass is 10.1. The number of hydrogen-bond acceptors (Lipinski definition) is 2. The first-order valence-electron chi connectivity index (χ1n) is 5.89. The summed E-state index contributed by atoms with van der Waals surface area (Å²) < 4.78 is 12.8. The summed E-state index contributed by atoms with van der Waals surface area (Å²) >= 11 is 0. The molecule has 16 heavy (non-hydrogen) atoms. The fourth-order valence-electron chi connectivity index (χ4n) is 2.27. The van der Waals surface area contributed by atoms with Crippen molar-refractivity contribution < 1.29 is 4.39 Å². The fourth-order valence-corrected chi connectivity index (χ4v) is 2.27. The van der Waals surface area contributed by atoms with Crippen LogP contribution >= 0.6 is 0 Å². The molecule has 2 atom stereocenters. The van der Waals surface area contributed by atoms with Gasteiger partial charge in [-0.1, -0.05) is 12.1 Å². The molecule has 1 aromatic carbocycles. The van der Waals surface area contributed by atoms with Crippen LogP contribution in [0.5, 0.6) is 0 Å². The van der Waals surface area contributed by atoms with Crippen LogP contribution in [-0.4, -0.2) is 30.6 Å². The van der Waals surface area contributed by atoms with Crippen LogP contribution in [-0.2, 0) is 0 Å². The van der Waals surface area contributed by atoms with E-state index < -0.39 is 0 Å². The van der Waals surface area contributed by atoms with E-state index in [0.717, 1.165) is 19.6 Å². The predicted octanol–water partition coefficient (Wildman–Crippen LogP) is 2.18. The first-order chi connectivity index (χ1) is 7.66. The number of halogens is 1. The summed E-state index contributed by atoms with van der Waals surface area (Å²) in [5.41, 5.74) is 1.19. The van der Waals surface area contributed by atoms with Crippen LogP contribution in [0.15, 0.2) is 24.3 Å². The van der Waals surface area contributed by atoms with Crippen molar-refractivity contribution in [2.75, 3.05) is 19.6 Å². The maximum absolute atomic E-state index is 12.8. The number of nitrogens with zero attached hydrogens (tertiary/aromatic N) is 1. The van der Waals surface area contributed by atoms with Gasteiger partial charge in [0.25, 0.3) is 0 Å². The highest BCUT2D eigenvalue weighted by atomic mass is 19.1. The Morgan fingerprint density at radius 2 is 2.06 bits per heavy atom. The van der Waals surface area contributed by atoms with Crippen LogP contribution in [0.3, 0.4) is 0 Å². The average molecular weight is 222 g/mol. The molecule has 1 aliphatic heterocycles. The Hall–Kier alpha value is -0.930. The fraction of sp³-hybridized carbons (Fsp3) is 0.538. The zero-order valence-corrected chi connectivity index (χ0v) is 9.91. The Bertz CT molecular complexity index is 336. The van der Waals surface area contributed by atoms with Crippen LogP contribution < -0.4 is 5.32 Å². The minimum absolute atomic E-state index is 0.162. The van der Waals surface area contributed by atoms with Gasteiger partial charge in [0.2, 0.25) is 0 Å². The first kappa shape index (κ1) is 11.6. The summed E-state index contributed by atoms with van der Waals surface area (Å²) in [6.07, 6.45) is 0. The molecule has 0 aliphatic carbocycles. The summed E-state index contributed by atoms with van der Waals surface area (Å²) in [7, 11) is 0. The molecule has 88 valence electrons. The van der Waals surface area contributed by atoms with Crippen molar-refractivity contribution >= 4 is 0 Å². The van der Waals surface area contributed by atoms with Crippen molar-refractivity contribution in [1.29, 1.82) is 0 Å². The standard InChI is InChI=1S/C13H19FN2/c1-10-9-16(8-7-15-10)11(2)12-3-5-13(14)6-4-12/h3-6,10-11,15H,7-9H2,1-2H3/t10-,11-/m0/s1. The molecule has 1 aromatic rings. The second kappa shape index (κ2) is 4.93. The normalized spacial score (nSPS) is 24.3. The molecule has 2 rings (SSSR count). The Morgan fingerprint density at radius 3 is 2.69 bits per heavy atom. The molecule has 1 saturated heterocycles. The second-order valence-corrected chi connectivity index (χ2v) is 4.58. The van der Waals surface area contributed by atoms with Crippen molar-refractivity contribution in [3.8, 4) is 0 Å². The maximum Gasteiger partial charge on any atom is 0.123 e. The molecule has 1 heterocycles. The van der Waals surface area contributed by atoms with Gasteiger partial charge in [-0.2, -0.15) is 0 Å². The largest absolute Gasteiger partial charge is 0.312 e. The van der Waals surface area contributed by atoms with Crippen LogP contribution in [0.25, 0.3) is 0 Å². The molecule has 3 heteroatoms. The monoisotopic (exact) mass is 222 g/mol. The molecule has 0 amide bonds. The average Bonchev–Trinajstić information content (AvgIpc) is 2.29. The lowest BCUT2D eigenvalue weighted by Crippen LogP contribution is -2.49. The third kappa shape index (κ3) is 2.60. The molecule has 1 N–H and O–H groups in total. The molecule has 1 fully saturated rings. The van der Waals surface area contributed by atoms with Gasteiger partial charge in [0.05, 0.1) is 0 Å².